The number of benzene rings is 2. The topological polar surface area (TPSA) is 143 Å². The van der Waals surface area contributed by atoms with E-state index < -0.39 is 16.8 Å². The zero-order valence-electron chi connectivity index (χ0n) is 16.7. The van der Waals surface area contributed by atoms with E-state index in [4.69, 9.17) is 9.84 Å². The first-order valence-electron chi connectivity index (χ1n) is 9.29. The normalized spacial score (nSPS) is 14.6. The minimum absolute atomic E-state index is 0.0429. The summed E-state index contributed by atoms with van der Waals surface area (Å²) in [5, 5.41) is 36.2. The summed E-state index contributed by atoms with van der Waals surface area (Å²) in [4.78, 5) is 34.7. The van der Waals surface area contributed by atoms with Crippen LogP contribution >= 0.6 is 0 Å². The molecule has 0 saturated heterocycles. The number of nitro groups is 1. The van der Waals surface area contributed by atoms with Crippen LogP contribution in [-0.2, 0) is 4.79 Å². The number of carbonyl (C=O) groups is 2. The standard InChI is InChI=1S/C21H19N3O7/c1-3-4-17-16(10-13-9-15(24(29)30)11-18(31-2)19(13)25)20(26)23(22-17)14-7-5-12(6-8-14)21(27)28/h5-11,25H,3-4H2,1-2H3,(H,27,28). The van der Waals surface area contributed by atoms with Gasteiger partial charge in [-0.3, -0.25) is 14.9 Å². The van der Waals surface area contributed by atoms with Crippen LogP contribution in [0.15, 0.2) is 47.1 Å². The number of non-ortho nitro benzene ring substituents is 1. The number of rotatable bonds is 7. The lowest BCUT2D eigenvalue weighted by Gasteiger charge is -2.12. The van der Waals surface area contributed by atoms with E-state index in [1.807, 2.05) is 6.92 Å². The van der Waals surface area contributed by atoms with Crippen molar-refractivity contribution in [3.05, 3.63) is 63.2 Å². The highest BCUT2D eigenvalue weighted by Gasteiger charge is 2.31. The van der Waals surface area contributed by atoms with Crippen LogP contribution in [0.3, 0.4) is 0 Å². The Hall–Kier alpha value is -4.21. The quantitative estimate of drug-likeness (QED) is 0.392. The SMILES string of the molecule is CCCC1=NN(c2ccc(C(=O)O)cc2)C(=O)C1=Cc1cc([N+](=O)[O-])cc(OC)c1O. The highest BCUT2D eigenvalue weighted by molar-refractivity contribution is 6.32. The molecule has 0 spiro atoms. The van der Waals surface area contributed by atoms with Crippen molar-refractivity contribution in [3.63, 3.8) is 0 Å². The lowest BCUT2D eigenvalue weighted by Crippen LogP contribution is -2.21. The van der Waals surface area contributed by atoms with E-state index in [-0.39, 0.29) is 33.9 Å². The van der Waals surface area contributed by atoms with Crippen molar-refractivity contribution in [2.75, 3.05) is 12.1 Å². The van der Waals surface area contributed by atoms with Crippen LogP contribution in [0.5, 0.6) is 11.5 Å². The Kier molecular flexibility index (Phi) is 6.00. The lowest BCUT2D eigenvalue weighted by molar-refractivity contribution is -0.385. The molecule has 0 saturated carbocycles. The number of anilines is 1. The van der Waals surface area contributed by atoms with E-state index >= 15 is 0 Å². The number of carboxylic acid groups (broad SMARTS) is 1. The number of ether oxygens (including phenoxy) is 1. The number of aromatic hydroxyl groups is 1. The number of amides is 1. The summed E-state index contributed by atoms with van der Waals surface area (Å²) in [5.74, 6) is -2.03. The molecule has 0 unspecified atom stereocenters. The van der Waals surface area contributed by atoms with E-state index in [1.165, 1.54) is 37.5 Å². The van der Waals surface area contributed by atoms with Gasteiger partial charge in [0.25, 0.3) is 11.6 Å². The second-order valence-corrected chi connectivity index (χ2v) is 6.67. The molecular weight excluding hydrogens is 406 g/mol. The van der Waals surface area contributed by atoms with Gasteiger partial charge in [0.1, 0.15) is 0 Å². The van der Waals surface area contributed by atoms with Gasteiger partial charge in [-0.05, 0) is 36.8 Å². The summed E-state index contributed by atoms with van der Waals surface area (Å²) in [7, 11) is 1.27. The molecule has 10 heteroatoms. The van der Waals surface area contributed by atoms with Crippen molar-refractivity contribution in [2.45, 2.75) is 19.8 Å². The van der Waals surface area contributed by atoms with Crippen LogP contribution in [-0.4, -0.2) is 39.8 Å². The minimum Gasteiger partial charge on any atom is -0.504 e. The molecule has 0 atom stereocenters. The van der Waals surface area contributed by atoms with Gasteiger partial charge in [0, 0.05) is 11.6 Å². The first kappa shape index (κ1) is 21.5. The molecule has 0 aromatic heterocycles. The van der Waals surface area contributed by atoms with Crippen molar-refractivity contribution >= 4 is 35.0 Å². The maximum absolute atomic E-state index is 13.1. The van der Waals surface area contributed by atoms with Crippen molar-refractivity contribution in [1.29, 1.82) is 0 Å². The first-order chi connectivity index (χ1) is 14.8. The molecule has 0 radical (unpaired) electrons. The number of carboxylic acids is 1. The zero-order chi connectivity index (χ0) is 22.7. The summed E-state index contributed by atoms with van der Waals surface area (Å²) >= 11 is 0. The third kappa shape index (κ3) is 4.22. The molecule has 10 nitrogen and oxygen atoms in total. The maximum Gasteiger partial charge on any atom is 0.335 e. The number of phenols is 1. The molecule has 2 N–H and O–H groups in total. The number of nitro benzene ring substituents is 1. The molecule has 1 aliphatic heterocycles. The van der Waals surface area contributed by atoms with Gasteiger partial charge in [-0.1, -0.05) is 13.3 Å². The number of hydrazone groups is 1. The fraction of sp³-hybridized carbons (Fsp3) is 0.190. The minimum atomic E-state index is -1.09. The smallest absolute Gasteiger partial charge is 0.335 e. The van der Waals surface area contributed by atoms with E-state index in [9.17, 15) is 24.8 Å². The fourth-order valence-corrected chi connectivity index (χ4v) is 3.09. The summed E-state index contributed by atoms with van der Waals surface area (Å²) in [6.45, 7) is 1.91. The van der Waals surface area contributed by atoms with Gasteiger partial charge >= 0.3 is 5.97 Å². The Morgan fingerprint density at radius 2 is 1.97 bits per heavy atom. The van der Waals surface area contributed by atoms with Crippen molar-refractivity contribution in [2.24, 2.45) is 5.10 Å². The second kappa shape index (κ2) is 8.66. The van der Waals surface area contributed by atoms with Crippen LogP contribution in [0, 0.1) is 10.1 Å². The number of hydrogen-bond acceptors (Lipinski definition) is 7. The molecule has 3 rings (SSSR count). The van der Waals surface area contributed by atoms with E-state index in [0.29, 0.717) is 24.2 Å². The lowest BCUT2D eigenvalue weighted by atomic mass is 10.0. The van der Waals surface area contributed by atoms with Crippen molar-refractivity contribution in [3.8, 4) is 11.5 Å². The van der Waals surface area contributed by atoms with Gasteiger partial charge < -0.3 is 14.9 Å². The zero-order valence-corrected chi connectivity index (χ0v) is 16.7. The summed E-state index contributed by atoms with van der Waals surface area (Å²) < 4.78 is 5.01. The Bertz CT molecular complexity index is 1120. The fourth-order valence-electron chi connectivity index (χ4n) is 3.09. The van der Waals surface area contributed by atoms with Gasteiger partial charge in [-0.25, -0.2) is 4.79 Å². The Labute approximate surface area is 176 Å². The van der Waals surface area contributed by atoms with Crippen LogP contribution in [0.4, 0.5) is 11.4 Å². The number of hydrogen-bond donors (Lipinski definition) is 2. The van der Waals surface area contributed by atoms with Crippen LogP contribution in [0.25, 0.3) is 6.08 Å². The average Bonchev–Trinajstić information content (AvgIpc) is 3.05. The number of methoxy groups -OCH3 is 1. The highest BCUT2D eigenvalue weighted by atomic mass is 16.6. The largest absolute Gasteiger partial charge is 0.504 e. The van der Waals surface area contributed by atoms with Crippen molar-refractivity contribution < 1.29 is 29.5 Å². The molecule has 1 heterocycles. The number of phenolic OH excluding ortho intramolecular Hbond substituents is 1. The molecular formula is C21H19N3O7. The summed E-state index contributed by atoms with van der Waals surface area (Å²) in [5.41, 5.74) is 0.787. The molecule has 1 amide bonds. The maximum atomic E-state index is 13.1. The summed E-state index contributed by atoms with van der Waals surface area (Å²) in [6, 6.07) is 7.88. The van der Waals surface area contributed by atoms with Gasteiger partial charge in [0.05, 0.1) is 40.6 Å². The number of nitrogens with zero attached hydrogens (tertiary/aromatic N) is 3. The number of aromatic carboxylic acids is 1. The Morgan fingerprint density at radius 1 is 1.29 bits per heavy atom. The molecule has 31 heavy (non-hydrogen) atoms. The second-order valence-electron chi connectivity index (χ2n) is 6.67. The van der Waals surface area contributed by atoms with Crippen LogP contribution in [0.2, 0.25) is 0 Å². The molecule has 160 valence electrons. The molecule has 0 fully saturated rings. The van der Waals surface area contributed by atoms with E-state index in [0.717, 1.165) is 17.1 Å². The van der Waals surface area contributed by atoms with Gasteiger partial charge in [0.2, 0.25) is 0 Å². The first-order valence-corrected chi connectivity index (χ1v) is 9.29. The highest BCUT2D eigenvalue weighted by Crippen LogP contribution is 2.37. The average molecular weight is 425 g/mol. The summed E-state index contributed by atoms with van der Waals surface area (Å²) in [6.07, 6.45) is 2.47. The monoisotopic (exact) mass is 425 g/mol. The third-order valence-electron chi connectivity index (χ3n) is 4.62. The van der Waals surface area contributed by atoms with E-state index in [2.05, 4.69) is 5.10 Å². The van der Waals surface area contributed by atoms with Gasteiger partial charge in [0.15, 0.2) is 11.5 Å². The molecule has 0 aliphatic carbocycles. The van der Waals surface area contributed by atoms with Crippen LogP contribution < -0.4 is 9.75 Å². The van der Waals surface area contributed by atoms with Crippen molar-refractivity contribution in [1.82, 2.24) is 0 Å². The molecule has 0 bridgehead atoms. The van der Waals surface area contributed by atoms with Gasteiger partial charge in [-0.15, -0.1) is 0 Å². The third-order valence-corrected chi connectivity index (χ3v) is 4.62. The predicted octanol–water partition coefficient (Wildman–Crippen LogP) is 3.59. The molecule has 2 aromatic rings. The Morgan fingerprint density at radius 3 is 2.52 bits per heavy atom. The predicted molar refractivity (Wildman–Crippen MR) is 113 cm³/mol. The molecule has 1 aliphatic rings. The molecule has 2 aromatic carbocycles. The van der Waals surface area contributed by atoms with Crippen LogP contribution in [0.1, 0.15) is 35.7 Å². The van der Waals surface area contributed by atoms with Gasteiger partial charge in [-0.2, -0.15) is 10.1 Å². The Balaban J connectivity index is 2.07. The number of carbonyl (C=O) groups excluding carboxylic acids is 1. The van der Waals surface area contributed by atoms with E-state index in [1.54, 1.807) is 0 Å².